The molecule has 3 N–H and O–H groups in total. The fraction of sp³-hybridized carbons (Fsp3) is 0.400. The molecule has 4 aliphatic rings. The molecule has 8 rings (SSSR count). The number of carboxylic acids is 1. The van der Waals surface area contributed by atoms with E-state index in [9.17, 15) is 18.0 Å². The number of carbonyl (C=O) groups excluding carboxylic acids is 1. The van der Waals surface area contributed by atoms with Gasteiger partial charge in [-0.3, -0.25) is 14.8 Å². The van der Waals surface area contributed by atoms with E-state index in [0.717, 1.165) is 90.5 Å². The summed E-state index contributed by atoms with van der Waals surface area (Å²) in [4.78, 5) is 27.1. The molecular weight excluding hydrogens is 627 g/mol. The van der Waals surface area contributed by atoms with E-state index in [0.29, 0.717) is 6.04 Å². The fourth-order valence-electron chi connectivity index (χ4n) is 7.43. The first-order chi connectivity index (χ1) is 23.1. The lowest BCUT2D eigenvalue weighted by Crippen LogP contribution is -2.49. The summed E-state index contributed by atoms with van der Waals surface area (Å²) in [6, 6.07) is 21.9. The van der Waals surface area contributed by atoms with Crippen LogP contribution in [0.2, 0.25) is 0 Å². The van der Waals surface area contributed by atoms with Crippen molar-refractivity contribution in [2.45, 2.75) is 42.8 Å². The maximum absolute atomic E-state index is 13.1. The minimum absolute atomic E-state index is 0.0848. The predicted octanol–water partition coefficient (Wildman–Crippen LogP) is 5.55. The molecule has 10 nitrogen and oxygen atoms in total. The molecule has 0 radical (unpaired) electrons. The number of ether oxygens (including phenoxy) is 2. The van der Waals surface area contributed by atoms with Crippen molar-refractivity contribution in [3.63, 3.8) is 0 Å². The smallest absolute Gasteiger partial charge is 0.490 e. The third-order valence-electron chi connectivity index (χ3n) is 10.1. The van der Waals surface area contributed by atoms with Crippen LogP contribution in [-0.2, 0) is 19.7 Å². The molecular formula is C35H36F3N5O5. The minimum Gasteiger partial charge on any atom is -0.497 e. The van der Waals surface area contributed by atoms with Crippen molar-refractivity contribution in [3.8, 4) is 17.0 Å². The lowest BCUT2D eigenvalue weighted by Gasteiger charge is -2.40. The molecule has 3 fully saturated rings. The molecule has 3 aromatic carbocycles. The highest BCUT2D eigenvalue weighted by atomic mass is 19.4. The van der Waals surface area contributed by atoms with Gasteiger partial charge in [-0.1, -0.05) is 24.3 Å². The number of amides is 1. The van der Waals surface area contributed by atoms with E-state index < -0.39 is 17.6 Å². The maximum Gasteiger partial charge on any atom is 0.490 e. The molecule has 1 saturated carbocycles. The second kappa shape index (κ2) is 12.4. The SMILES string of the molecule is COc1ccc2c(c1)[C@]1(C[C@H]1c1ccc3c(-c4ccc(N5CCC(N6CCOCC6)CC5)cc4)n[nH]c3c1)C(=O)N2.O=C(O)C(F)(F)F. The Balaban J connectivity index is 0.000000473. The van der Waals surface area contributed by atoms with Crippen LogP contribution >= 0.6 is 0 Å². The zero-order valence-corrected chi connectivity index (χ0v) is 26.3. The Morgan fingerprint density at radius 2 is 1.73 bits per heavy atom. The third kappa shape index (κ3) is 5.85. The molecule has 252 valence electrons. The Kier molecular flexibility index (Phi) is 8.28. The molecule has 48 heavy (non-hydrogen) atoms. The van der Waals surface area contributed by atoms with Gasteiger partial charge in [0, 0.05) is 60.5 Å². The van der Waals surface area contributed by atoms with Gasteiger partial charge in [0.05, 0.1) is 36.9 Å². The van der Waals surface area contributed by atoms with E-state index >= 15 is 0 Å². The van der Waals surface area contributed by atoms with E-state index in [2.05, 4.69) is 62.7 Å². The highest BCUT2D eigenvalue weighted by molar-refractivity contribution is 6.10. The van der Waals surface area contributed by atoms with Gasteiger partial charge in [-0.25, -0.2) is 4.79 Å². The summed E-state index contributed by atoms with van der Waals surface area (Å²) in [5, 5.41) is 19.3. The van der Waals surface area contributed by atoms with Crippen LogP contribution in [0.1, 0.15) is 36.3 Å². The van der Waals surface area contributed by atoms with Gasteiger partial charge in [0.2, 0.25) is 5.91 Å². The number of carboxylic acid groups (broad SMARTS) is 1. The number of H-pyrrole nitrogens is 1. The summed E-state index contributed by atoms with van der Waals surface area (Å²) in [5.41, 5.74) is 6.94. The van der Waals surface area contributed by atoms with Gasteiger partial charge in [0.25, 0.3) is 0 Å². The number of carbonyl (C=O) groups is 2. The number of morpholine rings is 1. The maximum atomic E-state index is 13.1. The minimum atomic E-state index is -5.08. The van der Waals surface area contributed by atoms with Crippen LogP contribution in [0, 0.1) is 0 Å². The predicted molar refractivity (Wildman–Crippen MR) is 174 cm³/mol. The van der Waals surface area contributed by atoms with E-state index in [1.165, 1.54) is 18.5 Å². The standard InChI is InChI=1S/C33H35N5O3.C2HF3O2/c1-40-25-7-9-29-27(19-25)33(32(39)34-29)20-28(33)22-4-8-26-30(18-22)35-36-31(26)21-2-5-23(6-3-21)37-12-10-24(11-13-37)38-14-16-41-17-15-38;3-2(4,5)1(6)7/h2-9,18-19,24,28H,10-17,20H2,1H3,(H,34,39)(H,35,36);(H,6,7)/t28-,33-;/m0./s1. The first-order valence-electron chi connectivity index (χ1n) is 16.0. The first-order valence-corrected chi connectivity index (χ1v) is 16.0. The summed E-state index contributed by atoms with van der Waals surface area (Å²) in [7, 11) is 1.66. The van der Waals surface area contributed by atoms with Gasteiger partial charge in [-0.15, -0.1) is 0 Å². The number of hydrogen-bond donors (Lipinski definition) is 3. The zero-order valence-electron chi connectivity index (χ0n) is 26.3. The van der Waals surface area contributed by atoms with Gasteiger partial charge in [0.15, 0.2) is 0 Å². The van der Waals surface area contributed by atoms with Gasteiger partial charge in [-0.2, -0.15) is 18.3 Å². The summed E-state index contributed by atoms with van der Waals surface area (Å²) < 4.78 is 42.7. The molecule has 2 saturated heterocycles. The van der Waals surface area contributed by atoms with E-state index in [1.807, 2.05) is 18.2 Å². The van der Waals surface area contributed by atoms with E-state index in [-0.39, 0.29) is 11.8 Å². The van der Waals surface area contributed by atoms with Crippen LogP contribution in [0.15, 0.2) is 60.7 Å². The molecule has 1 aromatic heterocycles. The topological polar surface area (TPSA) is 120 Å². The number of piperidine rings is 1. The quantitative estimate of drug-likeness (QED) is 0.254. The Morgan fingerprint density at radius 3 is 2.40 bits per heavy atom. The number of rotatable bonds is 5. The first kappa shape index (κ1) is 32.0. The molecule has 1 spiro atoms. The zero-order chi connectivity index (χ0) is 33.6. The Morgan fingerprint density at radius 1 is 1.02 bits per heavy atom. The number of nitrogens with one attached hydrogen (secondary N) is 2. The van der Waals surface area contributed by atoms with Crippen molar-refractivity contribution in [1.29, 1.82) is 0 Å². The van der Waals surface area contributed by atoms with Crippen molar-refractivity contribution in [3.05, 3.63) is 71.8 Å². The van der Waals surface area contributed by atoms with Crippen molar-refractivity contribution in [2.24, 2.45) is 0 Å². The molecule has 0 unspecified atom stereocenters. The molecule has 4 aromatic rings. The number of benzene rings is 3. The van der Waals surface area contributed by atoms with Crippen LogP contribution in [0.4, 0.5) is 24.5 Å². The average Bonchev–Trinajstić information content (AvgIpc) is 3.63. The molecule has 0 bridgehead atoms. The number of nitrogens with zero attached hydrogens (tertiary/aromatic N) is 3. The molecule has 3 aliphatic heterocycles. The largest absolute Gasteiger partial charge is 0.497 e. The molecule has 2 atom stereocenters. The number of aromatic nitrogens is 2. The van der Waals surface area contributed by atoms with Crippen LogP contribution in [0.25, 0.3) is 22.2 Å². The van der Waals surface area contributed by atoms with Crippen molar-refractivity contribution in [2.75, 3.05) is 56.7 Å². The second-order valence-corrected chi connectivity index (χ2v) is 12.7. The normalized spacial score (nSPS) is 22.6. The van der Waals surface area contributed by atoms with Crippen LogP contribution < -0.4 is 15.0 Å². The van der Waals surface area contributed by atoms with Crippen molar-refractivity contribution >= 4 is 34.2 Å². The number of alkyl halides is 3. The van der Waals surface area contributed by atoms with Gasteiger partial charge in [-0.05, 0) is 66.8 Å². The molecule has 4 heterocycles. The Labute approximate surface area is 274 Å². The van der Waals surface area contributed by atoms with E-state index in [1.54, 1.807) is 7.11 Å². The summed E-state index contributed by atoms with van der Waals surface area (Å²) in [5.74, 6) is -1.75. The average molecular weight is 664 g/mol. The summed E-state index contributed by atoms with van der Waals surface area (Å²) >= 11 is 0. The molecule has 1 amide bonds. The number of aromatic amines is 1. The number of methoxy groups -OCH3 is 1. The van der Waals surface area contributed by atoms with Crippen molar-refractivity contribution in [1.82, 2.24) is 15.1 Å². The lowest BCUT2D eigenvalue weighted by atomic mass is 9.91. The van der Waals surface area contributed by atoms with Crippen LogP contribution in [0.3, 0.4) is 0 Å². The number of fused-ring (bicyclic) bond motifs is 3. The summed E-state index contributed by atoms with van der Waals surface area (Å²) in [6.07, 6.45) is -1.87. The van der Waals surface area contributed by atoms with Gasteiger partial charge in [0.1, 0.15) is 5.75 Å². The molecule has 13 heteroatoms. The van der Waals surface area contributed by atoms with Crippen LogP contribution in [0.5, 0.6) is 5.75 Å². The van der Waals surface area contributed by atoms with Crippen molar-refractivity contribution < 1.29 is 37.3 Å². The van der Waals surface area contributed by atoms with E-state index in [4.69, 9.17) is 24.5 Å². The lowest BCUT2D eigenvalue weighted by molar-refractivity contribution is -0.192. The third-order valence-corrected chi connectivity index (χ3v) is 10.1. The van der Waals surface area contributed by atoms with Gasteiger partial charge >= 0.3 is 12.1 Å². The Bertz CT molecular complexity index is 1830. The van der Waals surface area contributed by atoms with Gasteiger partial charge < -0.3 is 24.8 Å². The Hall–Kier alpha value is -4.62. The molecule has 1 aliphatic carbocycles. The highest BCUT2D eigenvalue weighted by Gasteiger charge is 2.65. The summed E-state index contributed by atoms with van der Waals surface area (Å²) in [6.45, 7) is 6.05. The number of anilines is 2. The second-order valence-electron chi connectivity index (χ2n) is 12.7. The number of hydrogen-bond acceptors (Lipinski definition) is 7. The van der Waals surface area contributed by atoms with Crippen LogP contribution in [-0.4, -0.2) is 90.8 Å². The number of halogens is 3. The monoisotopic (exact) mass is 663 g/mol. The highest BCUT2D eigenvalue weighted by Crippen LogP contribution is 2.65. The number of aliphatic carboxylic acids is 1. The fourth-order valence-corrected chi connectivity index (χ4v) is 7.43.